The topological polar surface area (TPSA) is 58.5 Å². The zero-order valence-corrected chi connectivity index (χ0v) is 10.5. The van der Waals surface area contributed by atoms with E-state index >= 15 is 0 Å². The maximum atomic E-state index is 9.99. The minimum absolute atomic E-state index is 0.0394. The molecule has 1 aliphatic carbocycles. The third-order valence-corrected chi connectivity index (χ3v) is 2.67. The van der Waals surface area contributed by atoms with Crippen molar-refractivity contribution in [3.8, 4) is 0 Å². The van der Waals surface area contributed by atoms with Gasteiger partial charge < -0.3 is 5.32 Å². The van der Waals surface area contributed by atoms with Gasteiger partial charge >= 0.3 is 0 Å². The largest absolute Gasteiger partial charge is 0.357 e. The Morgan fingerprint density at radius 2 is 1.94 bits per heavy atom. The summed E-state index contributed by atoms with van der Waals surface area (Å²) in [6.45, 7) is 6.16. The molecule has 0 aliphatic heterocycles. The summed E-state index contributed by atoms with van der Waals surface area (Å²) in [6.07, 6.45) is 7.48. The van der Waals surface area contributed by atoms with Crippen LogP contribution in [0.1, 0.15) is 52.9 Å². The monoisotopic (exact) mass is 226 g/mol. The highest BCUT2D eigenvalue weighted by molar-refractivity contribution is 5.72. The fraction of sp³-hybridized carbons (Fsp3) is 0.833. The van der Waals surface area contributed by atoms with Gasteiger partial charge in [0.15, 0.2) is 0 Å². The summed E-state index contributed by atoms with van der Waals surface area (Å²) in [5, 5.41) is 2.57. The molecule has 0 heterocycles. The smallest absolute Gasteiger partial charge is 0.235 e. The lowest BCUT2D eigenvalue weighted by atomic mass is 9.84. The Bertz CT molecular complexity index is 252. The van der Waals surface area contributed by atoms with Crippen LogP contribution in [-0.4, -0.2) is 24.1 Å². The van der Waals surface area contributed by atoms with Crippen LogP contribution >= 0.6 is 0 Å². The number of carbonyl (C=O) groups excluding carboxylic acids is 2. The highest BCUT2D eigenvalue weighted by atomic mass is 16.1. The average molecular weight is 226 g/mol. The molecule has 16 heavy (non-hydrogen) atoms. The van der Waals surface area contributed by atoms with Gasteiger partial charge in [-0.2, -0.15) is 4.99 Å². The molecule has 0 aromatic heterocycles. The van der Waals surface area contributed by atoms with Crippen molar-refractivity contribution in [2.24, 2.45) is 4.99 Å². The van der Waals surface area contributed by atoms with Gasteiger partial charge in [-0.3, -0.25) is 4.79 Å². The molecule has 1 fully saturated rings. The summed E-state index contributed by atoms with van der Waals surface area (Å²) in [6, 6.07) is 0. The first-order valence-corrected chi connectivity index (χ1v) is 5.87. The van der Waals surface area contributed by atoms with Crippen LogP contribution in [-0.2, 0) is 9.59 Å². The number of amides is 1. The van der Waals surface area contributed by atoms with E-state index in [4.69, 9.17) is 0 Å². The Morgan fingerprint density at radius 1 is 1.38 bits per heavy atom. The Hall–Kier alpha value is -1.15. The summed E-state index contributed by atoms with van der Waals surface area (Å²) >= 11 is 0. The second-order valence-corrected chi connectivity index (χ2v) is 4.35. The number of carbonyl (C=O) groups is 1. The number of aliphatic imine (C=N–C) groups is 1. The van der Waals surface area contributed by atoms with Crippen LogP contribution in [0.4, 0.5) is 0 Å². The van der Waals surface area contributed by atoms with Crippen LogP contribution in [0.3, 0.4) is 0 Å². The van der Waals surface area contributed by atoms with Gasteiger partial charge in [0.1, 0.15) is 0 Å². The molecule has 4 nitrogen and oxygen atoms in total. The summed E-state index contributed by atoms with van der Waals surface area (Å²) in [4.78, 5) is 23.7. The lowest BCUT2D eigenvalue weighted by Crippen LogP contribution is -2.24. The van der Waals surface area contributed by atoms with Crippen LogP contribution in [0.15, 0.2) is 4.99 Å². The first-order chi connectivity index (χ1) is 7.54. The average Bonchev–Trinajstić information content (AvgIpc) is 2.19. The van der Waals surface area contributed by atoms with E-state index in [2.05, 4.69) is 10.3 Å². The standard InChI is InChI=1S/C8H13NO.C4H9NO/c1-8(9-7-10)5-3-2-4-6-8;1-3-5-4(2)6/h2-6H2,1H3;3H2,1-2H3,(H,5,6). The first kappa shape index (κ1) is 14.8. The molecule has 92 valence electrons. The molecule has 1 rings (SSSR count). The van der Waals surface area contributed by atoms with Gasteiger partial charge in [-0.05, 0) is 26.7 Å². The Balaban J connectivity index is 0.000000325. The van der Waals surface area contributed by atoms with E-state index in [1.165, 1.54) is 26.2 Å². The van der Waals surface area contributed by atoms with Crippen molar-refractivity contribution in [2.75, 3.05) is 6.54 Å². The van der Waals surface area contributed by atoms with Gasteiger partial charge in [-0.25, -0.2) is 4.79 Å². The molecule has 0 atom stereocenters. The SMILES string of the molecule is CC1(N=C=O)CCCCC1.CCNC(C)=O. The molecule has 1 saturated carbocycles. The van der Waals surface area contributed by atoms with Crippen molar-refractivity contribution >= 4 is 12.0 Å². The second-order valence-electron chi connectivity index (χ2n) is 4.35. The normalized spacial score (nSPS) is 17.4. The number of hydrogen-bond acceptors (Lipinski definition) is 3. The van der Waals surface area contributed by atoms with Crippen LogP contribution in [0.2, 0.25) is 0 Å². The summed E-state index contributed by atoms with van der Waals surface area (Å²) in [5.74, 6) is 0.0394. The second kappa shape index (κ2) is 8.05. The molecule has 0 saturated heterocycles. The minimum Gasteiger partial charge on any atom is -0.357 e. The van der Waals surface area contributed by atoms with Gasteiger partial charge in [0.2, 0.25) is 12.0 Å². The predicted octanol–water partition coefficient (Wildman–Crippen LogP) is 2.19. The molecular formula is C12H22N2O2. The van der Waals surface area contributed by atoms with Gasteiger partial charge in [0.25, 0.3) is 0 Å². The predicted molar refractivity (Wildman–Crippen MR) is 64.0 cm³/mol. The van der Waals surface area contributed by atoms with Crippen molar-refractivity contribution in [1.82, 2.24) is 5.32 Å². The highest BCUT2D eigenvalue weighted by Crippen LogP contribution is 2.30. The van der Waals surface area contributed by atoms with Crippen LogP contribution in [0, 0.1) is 0 Å². The van der Waals surface area contributed by atoms with E-state index in [1.54, 1.807) is 6.08 Å². The first-order valence-electron chi connectivity index (χ1n) is 5.87. The number of nitrogens with one attached hydrogen (secondary N) is 1. The summed E-state index contributed by atoms with van der Waals surface area (Å²) in [5.41, 5.74) is -0.0694. The molecule has 4 heteroatoms. The Morgan fingerprint density at radius 3 is 2.25 bits per heavy atom. The third-order valence-electron chi connectivity index (χ3n) is 2.67. The van der Waals surface area contributed by atoms with E-state index in [9.17, 15) is 9.59 Å². The van der Waals surface area contributed by atoms with E-state index in [0.717, 1.165) is 19.4 Å². The summed E-state index contributed by atoms with van der Waals surface area (Å²) in [7, 11) is 0. The van der Waals surface area contributed by atoms with Gasteiger partial charge in [-0.15, -0.1) is 0 Å². The van der Waals surface area contributed by atoms with Crippen molar-refractivity contribution in [1.29, 1.82) is 0 Å². The van der Waals surface area contributed by atoms with Crippen LogP contribution in [0.5, 0.6) is 0 Å². The lowest BCUT2D eigenvalue weighted by Gasteiger charge is -2.27. The molecule has 1 amide bonds. The third kappa shape index (κ3) is 7.18. The lowest BCUT2D eigenvalue weighted by molar-refractivity contribution is -0.118. The fourth-order valence-corrected chi connectivity index (χ4v) is 1.78. The molecule has 0 spiro atoms. The van der Waals surface area contributed by atoms with Gasteiger partial charge in [-0.1, -0.05) is 19.3 Å². The molecule has 1 aliphatic rings. The van der Waals surface area contributed by atoms with Crippen molar-refractivity contribution in [2.45, 2.75) is 58.4 Å². The number of rotatable bonds is 2. The summed E-state index contributed by atoms with van der Waals surface area (Å²) < 4.78 is 0. The van der Waals surface area contributed by atoms with E-state index in [-0.39, 0.29) is 11.4 Å². The molecule has 0 bridgehead atoms. The quantitative estimate of drug-likeness (QED) is 0.579. The molecular weight excluding hydrogens is 204 g/mol. The van der Waals surface area contributed by atoms with E-state index in [1.807, 2.05) is 13.8 Å². The molecule has 0 unspecified atom stereocenters. The van der Waals surface area contributed by atoms with Gasteiger partial charge in [0.05, 0.1) is 5.54 Å². The highest BCUT2D eigenvalue weighted by Gasteiger charge is 2.25. The molecule has 0 radical (unpaired) electrons. The number of hydrogen-bond donors (Lipinski definition) is 1. The zero-order chi connectivity index (χ0) is 12.4. The maximum absolute atomic E-state index is 9.99. The molecule has 1 N–H and O–H groups in total. The maximum Gasteiger partial charge on any atom is 0.235 e. The van der Waals surface area contributed by atoms with E-state index in [0.29, 0.717) is 0 Å². The zero-order valence-electron chi connectivity index (χ0n) is 10.5. The fourth-order valence-electron chi connectivity index (χ4n) is 1.78. The van der Waals surface area contributed by atoms with Crippen molar-refractivity contribution in [3.05, 3.63) is 0 Å². The Kier molecular flexibility index (Phi) is 7.48. The molecule has 0 aromatic carbocycles. The van der Waals surface area contributed by atoms with Crippen LogP contribution in [0.25, 0.3) is 0 Å². The van der Waals surface area contributed by atoms with Crippen molar-refractivity contribution in [3.63, 3.8) is 0 Å². The van der Waals surface area contributed by atoms with Gasteiger partial charge in [0, 0.05) is 13.5 Å². The minimum atomic E-state index is -0.0694. The number of nitrogens with zero attached hydrogens (tertiary/aromatic N) is 1. The van der Waals surface area contributed by atoms with Crippen LogP contribution < -0.4 is 5.32 Å². The Labute approximate surface area is 97.5 Å². The van der Waals surface area contributed by atoms with E-state index < -0.39 is 0 Å². The van der Waals surface area contributed by atoms with Crippen molar-refractivity contribution < 1.29 is 9.59 Å². The number of isocyanates is 1. The molecule has 0 aromatic rings.